The van der Waals surface area contributed by atoms with Crippen molar-refractivity contribution in [2.75, 3.05) is 33.5 Å². The van der Waals surface area contributed by atoms with Crippen LogP contribution in [0.3, 0.4) is 0 Å². The number of rotatable bonds is 8. The highest BCUT2D eigenvalue weighted by atomic mass is 16.7. The zero-order chi connectivity index (χ0) is 17.1. The van der Waals surface area contributed by atoms with Gasteiger partial charge in [0.25, 0.3) is 0 Å². The molecule has 0 bridgehead atoms. The van der Waals surface area contributed by atoms with Crippen molar-refractivity contribution < 1.29 is 9.47 Å². The predicted molar refractivity (Wildman–Crippen MR) is 98.1 cm³/mol. The van der Waals surface area contributed by atoms with E-state index in [4.69, 9.17) is 9.47 Å². The van der Waals surface area contributed by atoms with Gasteiger partial charge in [0.05, 0.1) is 0 Å². The molecule has 2 N–H and O–H groups in total. The lowest BCUT2D eigenvalue weighted by molar-refractivity contribution is 0.174. The van der Waals surface area contributed by atoms with Gasteiger partial charge in [0, 0.05) is 39.3 Å². The summed E-state index contributed by atoms with van der Waals surface area (Å²) in [4.78, 5) is 6.99. The van der Waals surface area contributed by atoms with E-state index in [1.54, 1.807) is 0 Å². The molecule has 3 aliphatic rings. The number of fused-ring (bicyclic) bond motifs is 1. The van der Waals surface area contributed by atoms with Crippen LogP contribution in [-0.2, 0) is 6.54 Å². The normalized spacial score (nSPS) is 19.4. The minimum Gasteiger partial charge on any atom is -0.454 e. The van der Waals surface area contributed by atoms with Crippen LogP contribution in [0.5, 0.6) is 11.5 Å². The van der Waals surface area contributed by atoms with Crippen molar-refractivity contribution in [2.45, 2.75) is 38.3 Å². The van der Waals surface area contributed by atoms with Crippen molar-refractivity contribution in [1.29, 1.82) is 0 Å². The Balaban J connectivity index is 1.21. The highest BCUT2D eigenvalue weighted by molar-refractivity contribution is 5.79. The summed E-state index contributed by atoms with van der Waals surface area (Å²) in [6.07, 6.45) is 5.61. The van der Waals surface area contributed by atoms with Crippen molar-refractivity contribution >= 4 is 5.96 Å². The third-order valence-electron chi connectivity index (χ3n) is 5.06. The van der Waals surface area contributed by atoms with Crippen LogP contribution in [0.4, 0.5) is 0 Å². The molecule has 4 rings (SSSR count). The number of benzene rings is 1. The van der Waals surface area contributed by atoms with Crippen LogP contribution in [0.2, 0.25) is 0 Å². The molecule has 136 valence electrons. The molecule has 0 aromatic heterocycles. The lowest BCUT2D eigenvalue weighted by Gasteiger charge is -2.22. The van der Waals surface area contributed by atoms with E-state index in [-0.39, 0.29) is 0 Å². The second-order valence-electron chi connectivity index (χ2n) is 7.21. The summed E-state index contributed by atoms with van der Waals surface area (Å²) in [6, 6.07) is 6.87. The number of guanidine groups is 1. The summed E-state index contributed by atoms with van der Waals surface area (Å²) in [5, 5.41) is 6.81. The molecule has 6 heteroatoms. The van der Waals surface area contributed by atoms with Gasteiger partial charge in [-0.15, -0.1) is 0 Å². The van der Waals surface area contributed by atoms with Gasteiger partial charge in [-0.1, -0.05) is 6.07 Å². The number of hydrogen-bond acceptors (Lipinski definition) is 4. The van der Waals surface area contributed by atoms with Gasteiger partial charge in [-0.05, 0) is 49.3 Å². The fraction of sp³-hybridized carbons (Fsp3) is 0.632. The number of hydrogen-bond donors (Lipinski definition) is 2. The Bertz CT molecular complexity index is 626. The molecule has 2 saturated carbocycles. The van der Waals surface area contributed by atoms with E-state index in [9.17, 15) is 0 Å². The minimum absolute atomic E-state index is 0.313. The number of ether oxygens (including phenoxy) is 2. The molecule has 0 amide bonds. The molecule has 1 aromatic rings. The average Bonchev–Trinajstić information content (AvgIpc) is 3.55. The summed E-state index contributed by atoms with van der Waals surface area (Å²) < 4.78 is 10.8. The van der Waals surface area contributed by atoms with E-state index in [1.165, 1.54) is 32.2 Å². The Hall–Kier alpha value is -1.95. The fourth-order valence-electron chi connectivity index (χ4n) is 3.27. The van der Waals surface area contributed by atoms with Crippen LogP contribution in [0.1, 0.15) is 31.2 Å². The van der Waals surface area contributed by atoms with Crippen molar-refractivity contribution in [2.24, 2.45) is 10.9 Å². The van der Waals surface area contributed by atoms with Crippen molar-refractivity contribution in [3.8, 4) is 11.5 Å². The number of nitrogens with one attached hydrogen (secondary N) is 2. The van der Waals surface area contributed by atoms with Gasteiger partial charge in [0.2, 0.25) is 6.79 Å². The fourth-order valence-corrected chi connectivity index (χ4v) is 3.27. The maximum absolute atomic E-state index is 5.43. The Morgan fingerprint density at radius 1 is 1.16 bits per heavy atom. The van der Waals surface area contributed by atoms with Gasteiger partial charge in [0.1, 0.15) is 0 Å². The summed E-state index contributed by atoms with van der Waals surface area (Å²) in [5.41, 5.74) is 1.15. The van der Waals surface area contributed by atoms with Gasteiger partial charge in [0.15, 0.2) is 17.5 Å². The molecule has 1 heterocycles. The molecule has 6 nitrogen and oxygen atoms in total. The van der Waals surface area contributed by atoms with Gasteiger partial charge in [-0.25, -0.2) is 0 Å². The Morgan fingerprint density at radius 3 is 2.76 bits per heavy atom. The zero-order valence-corrected chi connectivity index (χ0v) is 15.0. The SMILES string of the molecule is CN=C(NCCN(CC1CC1)C1CC1)NCc1ccc2c(c1)OCO2. The van der Waals surface area contributed by atoms with E-state index in [0.29, 0.717) is 13.3 Å². The van der Waals surface area contributed by atoms with E-state index < -0.39 is 0 Å². The van der Waals surface area contributed by atoms with Crippen molar-refractivity contribution in [1.82, 2.24) is 15.5 Å². The van der Waals surface area contributed by atoms with E-state index in [2.05, 4.69) is 26.6 Å². The summed E-state index contributed by atoms with van der Waals surface area (Å²) in [5.74, 6) is 3.45. The third-order valence-corrected chi connectivity index (χ3v) is 5.06. The first-order valence-corrected chi connectivity index (χ1v) is 9.39. The molecule has 0 spiro atoms. The first-order valence-electron chi connectivity index (χ1n) is 9.39. The van der Waals surface area contributed by atoms with Crippen LogP contribution in [-0.4, -0.2) is 50.4 Å². The Kier molecular flexibility index (Phi) is 4.97. The first kappa shape index (κ1) is 16.5. The predicted octanol–water partition coefficient (Wildman–Crippen LogP) is 1.95. The van der Waals surface area contributed by atoms with Crippen LogP contribution < -0.4 is 20.1 Å². The lowest BCUT2D eigenvalue weighted by Crippen LogP contribution is -2.42. The standard InChI is InChI=1S/C19H28N4O2/c1-20-19(21-8-9-23(16-5-6-16)12-14-2-3-14)22-11-15-4-7-17-18(10-15)25-13-24-17/h4,7,10,14,16H,2-3,5-6,8-9,11-13H2,1H3,(H2,20,21,22). The maximum Gasteiger partial charge on any atom is 0.231 e. The molecule has 0 radical (unpaired) electrons. The second kappa shape index (κ2) is 7.52. The lowest BCUT2D eigenvalue weighted by atomic mass is 10.2. The highest BCUT2D eigenvalue weighted by Crippen LogP contribution is 2.34. The second-order valence-corrected chi connectivity index (χ2v) is 7.21. The van der Waals surface area contributed by atoms with E-state index in [0.717, 1.165) is 48.1 Å². The smallest absolute Gasteiger partial charge is 0.231 e. The molecule has 1 aliphatic heterocycles. The molecule has 25 heavy (non-hydrogen) atoms. The van der Waals surface area contributed by atoms with Crippen molar-refractivity contribution in [3.63, 3.8) is 0 Å². The molecule has 2 fully saturated rings. The van der Waals surface area contributed by atoms with Crippen LogP contribution in [0, 0.1) is 5.92 Å². The Morgan fingerprint density at radius 2 is 2.00 bits per heavy atom. The topological polar surface area (TPSA) is 58.1 Å². The Labute approximate surface area is 149 Å². The highest BCUT2D eigenvalue weighted by Gasteiger charge is 2.33. The average molecular weight is 344 g/mol. The summed E-state index contributed by atoms with van der Waals surface area (Å²) >= 11 is 0. The van der Waals surface area contributed by atoms with Gasteiger partial charge >= 0.3 is 0 Å². The molecule has 2 aliphatic carbocycles. The van der Waals surface area contributed by atoms with Gasteiger partial charge in [-0.3, -0.25) is 9.89 Å². The largest absolute Gasteiger partial charge is 0.454 e. The maximum atomic E-state index is 5.43. The monoisotopic (exact) mass is 344 g/mol. The summed E-state index contributed by atoms with van der Waals surface area (Å²) in [7, 11) is 1.82. The third kappa shape index (κ3) is 4.57. The molecule has 0 saturated heterocycles. The molecular weight excluding hydrogens is 316 g/mol. The molecule has 0 unspecified atom stereocenters. The van der Waals surface area contributed by atoms with E-state index in [1.807, 2.05) is 19.2 Å². The zero-order valence-electron chi connectivity index (χ0n) is 15.0. The number of aliphatic imine (C=N–C) groups is 1. The van der Waals surface area contributed by atoms with Gasteiger partial charge < -0.3 is 20.1 Å². The van der Waals surface area contributed by atoms with Gasteiger partial charge in [-0.2, -0.15) is 0 Å². The summed E-state index contributed by atoms with van der Waals surface area (Å²) in [6.45, 7) is 4.35. The molecule has 0 atom stereocenters. The molecular formula is C19H28N4O2. The van der Waals surface area contributed by atoms with Crippen LogP contribution in [0.15, 0.2) is 23.2 Å². The van der Waals surface area contributed by atoms with E-state index >= 15 is 0 Å². The first-order chi connectivity index (χ1) is 12.3. The molecule has 1 aromatic carbocycles. The quantitative estimate of drug-likeness (QED) is 0.558. The van der Waals surface area contributed by atoms with Crippen LogP contribution in [0.25, 0.3) is 0 Å². The van der Waals surface area contributed by atoms with Crippen LogP contribution >= 0.6 is 0 Å². The minimum atomic E-state index is 0.313. The number of nitrogens with zero attached hydrogens (tertiary/aromatic N) is 2. The van der Waals surface area contributed by atoms with Crippen molar-refractivity contribution in [3.05, 3.63) is 23.8 Å².